The van der Waals surface area contributed by atoms with Gasteiger partial charge < -0.3 is 5.11 Å². The van der Waals surface area contributed by atoms with Gasteiger partial charge in [-0.3, -0.25) is 0 Å². The Labute approximate surface area is 108 Å². The quantitative estimate of drug-likeness (QED) is 0.842. The first-order valence-electron chi connectivity index (χ1n) is 6.04. The second-order valence-electron chi connectivity index (χ2n) is 3.81. The molecule has 0 fully saturated rings. The highest BCUT2D eigenvalue weighted by molar-refractivity contribution is 7.13. The van der Waals surface area contributed by atoms with Gasteiger partial charge in [0.2, 0.25) is 0 Å². The molecule has 0 unspecified atom stereocenters. The van der Waals surface area contributed by atoms with E-state index in [1.165, 1.54) is 10.4 Å². The van der Waals surface area contributed by atoms with Gasteiger partial charge in [0.15, 0.2) is 0 Å². The van der Waals surface area contributed by atoms with Gasteiger partial charge in [0.25, 0.3) is 0 Å². The average molecular weight is 248 g/mol. The van der Waals surface area contributed by atoms with Crippen LogP contribution in [0.25, 0.3) is 10.4 Å². The molecule has 1 heterocycles. The molecular weight excluding hydrogens is 228 g/mol. The van der Waals surface area contributed by atoms with Gasteiger partial charge >= 0.3 is 0 Å². The van der Waals surface area contributed by atoms with E-state index in [9.17, 15) is 0 Å². The van der Waals surface area contributed by atoms with Gasteiger partial charge in [-0.15, -0.1) is 11.3 Å². The number of aliphatic hydroxyl groups is 1. The normalized spacial score (nSPS) is 9.88. The number of hydrogen-bond acceptors (Lipinski definition) is 2. The molecule has 0 bridgehead atoms. The molecule has 92 valence electrons. The lowest BCUT2D eigenvalue weighted by Gasteiger charge is -1.98. The second kappa shape index (κ2) is 8.04. The van der Waals surface area contributed by atoms with E-state index in [0.717, 1.165) is 12.8 Å². The van der Waals surface area contributed by atoms with Crippen molar-refractivity contribution in [2.75, 3.05) is 0 Å². The van der Waals surface area contributed by atoms with Crippen LogP contribution in [0.15, 0.2) is 47.8 Å². The molecule has 1 nitrogen and oxygen atoms in total. The Morgan fingerprint density at radius 2 is 1.65 bits per heavy atom. The molecule has 0 amide bonds. The van der Waals surface area contributed by atoms with Crippen LogP contribution in [0.3, 0.4) is 0 Å². The van der Waals surface area contributed by atoms with E-state index in [0.29, 0.717) is 0 Å². The van der Waals surface area contributed by atoms with Crippen molar-refractivity contribution in [1.82, 2.24) is 0 Å². The number of rotatable bonds is 3. The number of hydrogen-bond donors (Lipinski definition) is 1. The third-order valence-corrected chi connectivity index (χ3v) is 3.44. The summed E-state index contributed by atoms with van der Waals surface area (Å²) in [4.78, 5) is 1.34. The van der Waals surface area contributed by atoms with Crippen molar-refractivity contribution in [1.29, 1.82) is 0 Å². The molecule has 2 aromatic rings. The summed E-state index contributed by atoms with van der Waals surface area (Å²) < 4.78 is 0. The maximum atomic E-state index is 8.67. The van der Waals surface area contributed by atoms with Crippen LogP contribution in [0.5, 0.6) is 0 Å². The largest absolute Gasteiger partial charge is 0.393 e. The lowest BCUT2D eigenvalue weighted by molar-refractivity contribution is 0.166. The topological polar surface area (TPSA) is 20.2 Å². The van der Waals surface area contributed by atoms with Crippen LogP contribution in [0.1, 0.15) is 26.7 Å². The van der Waals surface area contributed by atoms with Crippen LogP contribution in [0.2, 0.25) is 0 Å². The van der Waals surface area contributed by atoms with Crippen LogP contribution in [0, 0.1) is 0 Å². The minimum atomic E-state index is -0.0648. The van der Waals surface area contributed by atoms with E-state index in [1.807, 2.05) is 19.9 Å². The average Bonchev–Trinajstić information content (AvgIpc) is 2.93. The molecule has 0 atom stereocenters. The first-order valence-corrected chi connectivity index (χ1v) is 6.92. The van der Waals surface area contributed by atoms with Crippen LogP contribution >= 0.6 is 11.3 Å². The molecular formula is C15H20OS. The van der Waals surface area contributed by atoms with Crippen molar-refractivity contribution < 1.29 is 5.11 Å². The van der Waals surface area contributed by atoms with Gasteiger partial charge in [-0.25, -0.2) is 0 Å². The van der Waals surface area contributed by atoms with E-state index < -0.39 is 0 Å². The van der Waals surface area contributed by atoms with E-state index in [-0.39, 0.29) is 6.10 Å². The Morgan fingerprint density at radius 3 is 2.06 bits per heavy atom. The summed E-state index contributed by atoms with van der Waals surface area (Å²) in [5, 5.41) is 10.8. The van der Waals surface area contributed by atoms with Crippen molar-refractivity contribution in [2.45, 2.75) is 32.8 Å². The maximum absolute atomic E-state index is 8.67. The fourth-order valence-electron chi connectivity index (χ4n) is 1.33. The lowest BCUT2D eigenvalue weighted by atomic mass is 10.2. The summed E-state index contributed by atoms with van der Waals surface area (Å²) >= 11 is 1.78. The highest BCUT2D eigenvalue weighted by atomic mass is 32.1. The predicted molar refractivity (Wildman–Crippen MR) is 76.3 cm³/mol. The fourth-order valence-corrected chi connectivity index (χ4v) is 2.07. The third kappa shape index (κ3) is 5.16. The standard InChI is InChI=1S/C10H8S.C5H12O/c1-2-5-9(6-3-1)10-7-4-8-11-10;1-3-5(6)4-2/h1-8H;5-6H,3-4H2,1-2H3. The van der Waals surface area contributed by atoms with Gasteiger partial charge in [-0.2, -0.15) is 0 Å². The highest BCUT2D eigenvalue weighted by Crippen LogP contribution is 2.23. The zero-order chi connectivity index (χ0) is 12.5. The number of thiophene rings is 1. The van der Waals surface area contributed by atoms with Crippen molar-refractivity contribution in [3.8, 4) is 10.4 Å². The zero-order valence-corrected chi connectivity index (χ0v) is 11.3. The lowest BCUT2D eigenvalue weighted by Crippen LogP contribution is -1.99. The molecule has 1 N–H and O–H groups in total. The monoisotopic (exact) mass is 248 g/mol. The summed E-state index contributed by atoms with van der Waals surface area (Å²) in [5.41, 5.74) is 1.31. The van der Waals surface area contributed by atoms with Crippen LogP contribution in [0.4, 0.5) is 0 Å². The Bertz CT molecular complexity index is 377. The predicted octanol–water partition coefficient (Wildman–Crippen LogP) is 4.58. The molecule has 0 saturated carbocycles. The molecule has 0 aliphatic heterocycles. The molecule has 1 aromatic heterocycles. The van der Waals surface area contributed by atoms with E-state index in [4.69, 9.17) is 5.11 Å². The zero-order valence-electron chi connectivity index (χ0n) is 10.5. The van der Waals surface area contributed by atoms with Gasteiger partial charge in [0.1, 0.15) is 0 Å². The van der Waals surface area contributed by atoms with Gasteiger partial charge in [0.05, 0.1) is 6.10 Å². The van der Waals surface area contributed by atoms with E-state index >= 15 is 0 Å². The minimum absolute atomic E-state index is 0.0648. The molecule has 1 aromatic carbocycles. The van der Waals surface area contributed by atoms with Gasteiger partial charge in [0, 0.05) is 4.88 Å². The first-order chi connectivity index (χ1) is 8.27. The molecule has 2 rings (SSSR count). The Balaban J connectivity index is 0.000000209. The van der Waals surface area contributed by atoms with Crippen molar-refractivity contribution in [3.05, 3.63) is 47.8 Å². The summed E-state index contributed by atoms with van der Waals surface area (Å²) in [7, 11) is 0. The van der Waals surface area contributed by atoms with Crippen molar-refractivity contribution in [3.63, 3.8) is 0 Å². The van der Waals surface area contributed by atoms with Crippen LogP contribution in [-0.4, -0.2) is 11.2 Å². The SMILES string of the molecule is CCC(O)CC.c1ccc(-c2cccs2)cc1. The van der Waals surface area contributed by atoms with E-state index in [1.54, 1.807) is 11.3 Å². The van der Waals surface area contributed by atoms with Crippen molar-refractivity contribution >= 4 is 11.3 Å². The molecule has 0 saturated heterocycles. The number of benzene rings is 1. The minimum Gasteiger partial charge on any atom is -0.393 e. The Kier molecular flexibility index (Phi) is 6.60. The maximum Gasteiger partial charge on any atom is 0.0535 e. The molecule has 0 aliphatic rings. The molecule has 0 spiro atoms. The summed E-state index contributed by atoms with van der Waals surface area (Å²) in [5.74, 6) is 0. The molecule has 0 aliphatic carbocycles. The Hall–Kier alpha value is -1.12. The summed E-state index contributed by atoms with van der Waals surface area (Å²) in [6, 6.07) is 14.6. The van der Waals surface area contributed by atoms with Crippen molar-refractivity contribution in [2.24, 2.45) is 0 Å². The fraction of sp³-hybridized carbons (Fsp3) is 0.333. The van der Waals surface area contributed by atoms with Gasteiger partial charge in [-0.1, -0.05) is 50.2 Å². The highest BCUT2D eigenvalue weighted by Gasteiger charge is 1.94. The molecule has 2 heteroatoms. The van der Waals surface area contributed by atoms with Crippen LogP contribution in [-0.2, 0) is 0 Å². The summed E-state index contributed by atoms with van der Waals surface area (Å²) in [6.45, 7) is 3.96. The second-order valence-corrected chi connectivity index (χ2v) is 4.76. The molecule has 17 heavy (non-hydrogen) atoms. The smallest absolute Gasteiger partial charge is 0.0535 e. The van der Waals surface area contributed by atoms with Crippen LogP contribution < -0.4 is 0 Å². The third-order valence-electron chi connectivity index (χ3n) is 2.52. The summed E-state index contributed by atoms with van der Waals surface area (Å²) in [6.07, 6.45) is 1.71. The Morgan fingerprint density at radius 1 is 1.00 bits per heavy atom. The first kappa shape index (κ1) is 13.9. The van der Waals surface area contributed by atoms with Gasteiger partial charge in [-0.05, 0) is 29.9 Å². The van der Waals surface area contributed by atoms with E-state index in [2.05, 4.69) is 41.8 Å². The number of aliphatic hydroxyl groups excluding tert-OH is 1. The molecule has 0 radical (unpaired) electrons.